The van der Waals surface area contributed by atoms with Gasteiger partial charge >= 0.3 is 0 Å². The van der Waals surface area contributed by atoms with E-state index >= 15 is 0 Å². The maximum atomic E-state index is 12.9. The van der Waals surface area contributed by atoms with Crippen molar-refractivity contribution in [1.29, 1.82) is 0 Å². The Labute approximate surface area is 182 Å². The first-order valence-electron chi connectivity index (χ1n) is 10.5. The molecule has 30 heavy (non-hydrogen) atoms. The summed E-state index contributed by atoms with van der Waals surface area (Å²) in [5.41, 5.74) is 0. The van der Waals surface area contributed by atoms with Crippen LogP contribution in [0.25, 0.3) is 0 Å². The van der Waals surface area contributed by atoms with Gasteiger partial charge < -0.3 is 10.1 Å². The Morgan fingerprint density at radius 3 is 2.77 bits per heavy atom. The Balaban J connectivity index is 1.43. The molecule has 2 aliphatic rings. The molecule has 1 amide bonds. The highest BCUT2D eigenvalue weighted by Crippen LogP contribution is 2.50. The smallest absolute Gasteiger partial charge is 0.277 e. The summed E-state index contributed by atoms with van der Waals surface area (Å²) in [5, 5.41) is 3.23. The summed E-state index contributed by atoms with van der Waals surface area (Å²) in [7, 11) is -3.64. The summed E-state index contributed by atoms with van der Waals surface area (Å²) in [6.07, 6.45) is 11.7. The standard InChI is InChI=1S/C22H28N2O4S2/c1-2-28-14-6-3-7-18-16-8-9-17(15-16)21(18)23-22(25)19-10-11-20(29-19)30(26,27)24-12-4-5-13-24/h3-6,10-13,16-18,21H,2,7-9,14-15H2,1H3,(H,23,25)/b6-3+. The predicted molar refractivity (Wildman–Crippen MR) is 117 cm³/mol. The average molecular weight is 449 g/mol. The molecule has 4 rings (SSSR count). The minimum atomic E-state index is -3.64. The maximum Gasteiger partial charge on any atom is 0.277 e. The number of nitrogens with zero attached hydrogens (tertiary/aromatic N) is 1. The van der Waals surface area contributed by atoms with Gasteiger partial charge in [-0.1, -0.05) is 12.2 Å². The molecule has 6 nitrogen and oxygen atoms in total. The molecule has 0 saturated heterocycles. The minimum Gasteiger partial charge on any atom is -0.378 e. The highest BCUT2D eigenvalue weighted by atomic mass is 32.2. The van der Waals surface area contributed by atoms with Crippen molar-refractivity contribution in [2.75, 3.05) is 13.2 Å². The minimum absolute atomic E-state index is 0.152. The molecule has 0 radical (unpaired) electrons. The number of carbonyl (C=O) groups is 1. The third kappa shape index (κ3) is 4.26. The van der Waals surface area contributed by atoms with Crippen LogP contribution in [0, 0.1) is 17.8 Å². The van der Waals surface area contributed by atoms with Gasteiger partial charge in [0.05, 0.1) is 11.5 Å². The van der Waals surface area contributed by atoms with Crippen LogP contribution in [0.1, 0.15) is 42.3 Å². The van der Waals surface area contributed by atoms with Gasteiger partial charge in [0.2, 0.25) is 0 Å². The zero-order valence-electron chi connectivity index (χ0n) is 17.1. The van der Waals surface area contributed by atoms with Gasteiger partial charge in [0.25, 0.3) is 15.9 Å². The van der Waals surface area contributed by atoms with Crippen LogP contribution < -0.4 is 5.32 Å². The van der Waals surface area contributed by atoms with Crippen molar-refractivity contribution in [3.63, 3.8) is 0 Å². The Morgan fingerprint density at radius 1 is 1.23 bits per heavy atom. The van der Waals surface area contributed by atoms with E-state index in [1.807, 2.05) is 6.92 Å². The van der Waals surface area contributed by atoms with E-state index in [-0.39, 0.29) is 16.2 Å². The fourth-order valence-electron chi connectivity index (χ4n) is 4.87. The van der Waals surface area contributed by atoms with Crippen LogP contribution >= 0.6 is 11.3 Å². The van der Waals surface area contributed by atoms with Crippen LogP contribution in [0.15, 0.2) is 53.0 Å². The number of nitrogens with one attached hydrogen (secondary N) is 1. The number of rotatable bonds is 9. The summed E-state index contributed by atoms with van der Waals surface area (Å²) in [4.78, 5) is 13.4. The normalized spacial score (nSPS) is 25.9. The van der Waals surface area contributed by atoms with Gasteiger partial charge in [-0.3, -0.25) is 4.79 Å². The lowest BCUT2D eigenvalue weighted by atomic mass is 9.82. The SMILES string of the molecule is CCOC/C=C/CC1C2CCC(C2)C1NC(=O)c1ccc(S(=O)(=O)n2cccc2)s1. The van der Waals surface area contributed by atoms with Gasteiger partial charge in [-0.2, -0.15) is 8.42 Å². The van der Waals surface area contributed by atoms with Crippen molar-refractivity contribution >= 4 is 27.3 Å². The first-order chi connectivity index (χ1) is 14.5. The summed E-state index contributed by atoms with van der Waals surface area (Å²) in [6.45, 7) is 3.32. The van der Waals surface area contributed by atoms with Crippen LogP contribution in [0.4, 0.5) is 0 Å². The molecule has 0 aliphatic heterocycles. The molecule has 0 aromatic carbocycles. The van der Waals surface area contributed by atoms with E-state index in [1.165, 1.54) is 35.3 Å². The van der Waals surface area contributed by atoms with Gasteiger partial charge in [0.15, 0.2) is 0 Å². The number of amides is 1. The van der Waals surface area contributed by atoms with E-state index < -0.39 is 10.0 Å². The van der Waals surface area contributed by atoms with Crippen molar-refractivity contribution in [3.05, 3.63) is 53.7 Å². The molecule has 0 spiro atoms. The van der Waals surface area contributed by atoms with Crippen LogP contribution in [-0.4, -0.2) is 37.6 Å². The van der Waals surface area contributed by atoms with Crippen molar-refractivity contribution in [2.24, 2.45) is 17.8 Å². The molecule has 1 N–H and O–H groups in total. The summed E-state index contributed by atoms with van der Waals surface area (Å²) >= 11 is 1.03. The Kier molecular flexibility index (Phi) is 6.46. The second-order valence-corrected chi connectivity index (χ2v) is 11.2. The lowest BCUT2D eigenvalue weighted by Crippen LogP contribution is -2.43. The van der Waals surface area contributed by atoms with Gasteiger partial charge in [0.1, 0.15) is 4.21 Å². The largest absolute Gasteiger partial charge is 0.378 e. The second-order valence-electron chi connectivity index (χ2n) is 8.00. The number of thiophene rings is 1. The number of hydrogen-bond acceptors (Lipinski definition) is 5. The zero-order chi connectivity index (χ0) is 21.1. The summed E-state index contributed by atoms with van der Waals surface area (Å²) in [5.74, 6) is 1.45. The molecule has 162 valence electrons. The first kappa shape index (κ1) is 21.3. The van der Waals surface area contributed by atoms with E-state index in [9.17, 15) is 13.2 Å². The zero-order valence-corrected chi connectivity index (χ0v) is 18.7. The quantitative estimate of drug-likeness (QED) is 0.466. The Morgan fingerprint density at radius 2 is 2.00 bits per heavy atom. The van der Waals surface area contributed by atoms with Crippen molar-refractivity contribution in [3.8, 4) is 0 Å². The van der Waals surface area contributed by atoms with Gasteiger partial charge in [-0.25, -0.2) is 3.97 Å². The van der Waals surface area contributed by atoms with E-state index in [1.54, 1.807) is 18.2 Å². The topological polar surface area (TPSA) is 77.4 Å². The molecule has 2 aliphatic carbocycles. The first-order valence-corrected chi connectivity index (χ1v) is 12.8. The van der Waals surface area contributed by atoms with E-state index in [2.05, 4.69) is 17.5 Å². The van der Waals surface area contributed by atoms with Gasteiger partial charge in [-0.05, 0) is 74.6 Å². The van der Waals surface area contributed by atoms with Gasteiger partial charge in [0, 0.05) is 25.0 Å². The van der Waals surface area contributed by atoms with Gasteiger partial charge in [-0.15, -0.1) is 11.3 Å². The van der Waals surface area contributed by atoms with E-state index in [0.717, 1.165) is 24.2 Å². The van der Waals surface area contributed by atoms with Crippen LogP contribution in [0.5, 0.6) is 0 Å². The molecule has 2 bridgehead atoms. The van der Waals surface area contributed by atoms with Crippen LogP contribution in [-0.2, 0) is 14.8 Å². The summed E-state index contributed by atoms with van der Waals surface area (Å²) in [6, 6.07) is 6.61. The molecule has 2 saturated carbocycles. The number of ether oxygens (including phenoxy) is 1. The fourth-order valence-corrected chi connectivity index (χ4v) is 7.37. The number of hydrogen-bond donors (Lipinski definition) is 1. The molecular weight excluding hydrogens is 420 g/mol. The molecule has 8 heteroatoms. The number of allylic oxidation sites excluding steroid dienone is 1. The number of aromatic nitrogens is 1. The predicted octanol–water partition coefficient (Wildman–Crippen LogP) is 3.91. The van der Waals surface area contributed by atoms with Crippen LogP contribution in [0.3, 0.4) is 0 Å². The monoisotopic (exact) mass is 448 g/mol. The van der Waals surface area contributed by atoms with Crippen molar-refractivity contribution < 1.29 is 17.9 Å². The molecule has 2 fully saturated rings. The molecule has 2 heterocycles. The Bertz CT molecular complexity index is 994. The molecular formula is C22H28N2O4S2. The highest BCUT2D eigenvalue weighted by molar-refractivity contribution is 7.92. The van der Waals surface area contributed by atoms with Crippen molar-refractivity contribution in [1.82, 2.24) is 9.29 Å². The third-order valence-electron chi connectivity index (χ3n) is 6.29. The highest BCUT2D eigenvalue weighted by Gasteiger charge is 2.47. The molecule has 2 aromatic rings. The third-order valence-corrected chi connectivity index (χ3v) is 9.50. The van der Waals surface area contributed by atoms with E-state index in [0.29, 0.717) is 35.8 Å². The van der Waals surface area contributed by atoms with Crippen molar-refractivity contribution in [2.45, 2.75) is 42.9 Å². The lowest BCUT2D eigenvalue weighted by Gasteiger charge is -2.31. The number of carbonyl (C=O) groups excluding carboxylic acids is 1. The Hall–Kier alpha value is -1.90. The average Bonchev–Trinajstić information content (AvgIpc) is 3.53. The summed E-state index contributed by atoms with van der Waals surface area (Å²) < 4.78 is 32.0. The van der Waals surface area contributed by atoms with Crippen LogP contribution in [0.2, 0.25) is 0 Å². The fraction of sp³-hybridized carbons (Fsp3) is 0.500. The van der Waals surface area contributed by atoms with E-state index in [4.69, 9.17) is 4.74 Å². The lowest BCUT2D eigenvalue weighted by molar-refractivity contribution is 0.0904. The molecule has 4 atom stereocenters. The number of fused-ring (bicyclic) bond motifs is 2. The molecule has 4 unspecified atom stereocenters. The molecule has 2 aromatic heterocycles. The second kappa shape index (κ2) is 9.08. The maximum absolute atomic E-state index is 12.9.